The summed E-state index contributed by atoms with van der Waals surface area (Å²) in [6.45, 7) is 2.06. The number of carbonyl (C=O) groups excluding carboxylic acids is 2. The maximum Gasteiger partial charge on any atom is 0.325 e. The number of carbonyl (C=O) groups is 2. The molecule has 0 aromatic heterocycles. The van der Waals surface area contributed by atoms with Crippen molar-refractivity contribution in [3.63, 3.8) is 0 Å². The molecule has 30 heavy (non-hydrogen) atoms. The van der Waals surface area contributed by atoms with Gasteiger partial charge in [-0.15, -0.1) is 0 Å². The van der Waals surface area contributed by atoms with Gasteiger partial charge in [0, 0.05) is 18.6 Å². The van der Waals surface area contributed by atoms with Gasteiger partial charge >= 0.3 is 6.03 Å². The van der Waals surface area contributed by atoms with Crippen LogP contribution in [-0.4, -0.2) is 73.9 Å². The quantitative estimate of drug-likeness (QED) is 0.516. The van der Waals surface area contributed by atoms with E-state index in [9.17, 15) is 9.59 Å². The van der Waals surface area contributed by atoms with Gasteiger partial charge in [0.05, 0.1) is 20.4 Å². The second-order valence-electron chi connectivity index (χ2n) is 6.64. The van der Waals surface area contributed by atoms with E-state index in [0.29, 0.717) is 29.0 Å². The van der Waals surface area contributed by atoms with Crippen molar-refractivity contribution in [3.8, 4) is 11.5 Å². The Bertz CT molecular complexity index is 928. The normalized spacial score (nSPS) is 21.5. The lowest BCUT2D eigenvalue weighted by Gasteiger charge is -2.35. The number of ether oxygens (including phenoxy) is 2. The molecule has 0 saturated carbocycles. The molecule has 10 nitrogen and oxygen atoms in total. The lowest BCUT2D eigenvalue weighted by molar-refractivity contribution is -0.126. The number of benzene rings is 1. The minimum Gasteiger partial charge on any atom is -0.493 e. The van der Waals surface area contributed by atoms with Gasteiger partial charge in [-0.1, -0.05) is 17.7 Å². The number of hydrogen-bond acceptors (Lipinski definition) is 8. The van der Waals surface area contributed by atoms with E-state index in [1.807, 2.05) is 6.07 Å². The number of urea groups is 1. The van der Waals surface area contributed by atoms with E-state index in [-0.39, 0.29) is 0 Å². The number of halogens is 1. The van der Waals surface area contributed by atoms with Crippen LogP contribution in [0.3, 0.4) is 0 Å². The minimum atomic E-state index is -0.682. The summed E-state index contributed by atoms with van der Waals surface area (Å²) >= 11 is 5.96. The van der Waals surface area contributed by atoms with Crippen LogP contribution in [0.25, 0.3) is 0 Å². The van der Waals surface area contributed by atoms with E-state index in [4.69, 9.17) is 21.1 Å². The van der Waals surface area contributed by atoms with Gasteiger partial charge in [0.2, 0.25) is 5.96 Å². The predicted octanol–water partition coefficient (Wildman–Crippen LogP) is 1.32. The van der Waals surface area contributed by atoms with E-state index in [2.05, 4.69) is 20.8 Å². The molecule has 2 atom stereocenters. The molecule has 1 aromatic rings. The van der Waals surface area contributed by atoms with Crippen LogP contribution in [0, 0.1) is 0 Å². The van der Waals surface area contributed by atoms with Crippen LogP contribution >= 0.6 is 11.6 Å². The zero-order chi connectivity index (χ0) is 21.8. The molecular formula is C19H23ClN6O4. The minimum absolute atomic E-state index is 0.323. The molecule has 2 N–H and O–H groups in total. The van der Waals surface area contributed by atoms with Crippen LogP contribution in [0.4, 0.5) is 4.79 Å². The van der Waals surface area contributed by atoms with Gasteiger partial charge in [-0.05, 0) is 30.7 Å². The number of nitrogens with zero attached hydrogens (tertiary/aromatic N) is 4. The van der Waals surface area contributed by atoms with Crippen molar-refractivity contribution in [2.45, 2.75) is 19.1 Å². The largest absolute Gasteiger partial charge is 0.493 e. The highest BCUT2D eigenvalue weighted by Gasteiger charge is 2.48. The first-order chi connectivity index (χ1) is 14.3. The number of methoxy groups -OCH3 is 2. The van der Waals surface area contributed by atoms with Gasteiger partial charge in [0.1, 0.15) is 0 Å². The number of likely N-dealkylation sites (N-methyl/N-ethyl adjacent to an activating group) is 1. The van der Waals surface area contributed by atoms with Gasteiger partial charge in [-0.2, -0.15) is 5.10 Å². The predicted molar refractivity (Wildman–Crippen MR) is 113 cm³/mol. The first-order valence-corrected chi connectivity index (χ1v) is 9.49. The summed E-state index contributed by atoms with van der Waals surface area (Å²) < 4.78 is 10.5. The number of aliphatic imine (C=N–C) groups is 1. The Labute approximate surface area is 179 Å². The van der Waals surface area contributed by atoms with Crippen molar-refractivity contribution in [2.24, 2.45) is 10.1 Å². The number of hydrazone groups is 1. The summed E-state index contributed by atoms with van der Waals surface area (Å²) in [5.74, 6) is 1.12. The highest BCUT2D eigenvalue weighted by atomic mass is 35.5. The molecule has 3 rings (SSSR count). The number of amides is 3. The molecule has 0 bridgehead atoms. The molecule has 11 heteroatoms. The van der Waals surface area contributed by atoms with Gasteiger partial charge in [0.25, 0.3) is 5.91 Å². The molecule has 1 saturated heterocycles. The number of allylic oxidation sites excluding steroid dienone is 1. The van der Waals surface area contributed by atoms with E-state index >= 15 is 0 Å². The van der Waals surface area contributed by atoms with Crippen molar-refractivity contribution < 1.29 is 19.1 Å². The summed E-state index contributed by atoms with van der Waals surface area (Å²) in [6.07, 6.45) is 2.68. The standard InChI is InChI=1S/C19H23ClN6O4/c1-11(20)7-8-26-15-16(25(2)19(28)23-17(15)27)22-18(26)24-21-10-12-5-6-13(29-3)14(9-12)30-4/h5-7,9-10,15-16H,8H2,1-4H3,(H,22,24)(H,23,27,28)/b11-7+,21-10+. The summed E-state index contributed by atoms with van der Waals surface area (Å²) in [4.78, 5) is 32.0. The summed E-state index contributed by atoms with van der Waals surface area (Å²) in [7, 11) is 4.70. The maximum atomic E-state index is 12.4. The molecule has 0 aliphatic carbocycles. The SMILES string of the molecule is COc1ccc(/C=N/NC2=NC3C(C(=O)NC(=O)N3C)N2C/C=C(\C)Cl)cc1OC. The second kappa shape index (κ2) is 9.04. The third-order valence-corrected chi connectivity index (χ3v) is 4.87. The van der Waals surface area contributed by atoms with Gasteiger partial charge < -0.3 is 19.3 Å². The third-order valence-electron chi connectivity index (χ3n) is 4.72. The smallest absolute Gasteiger partial charge is 0.325 e. The molecule has 3 amide bonds. The Kier molecular flexibility index (Phi) is 6.46. The van der Waals surface area contributed by atoms with E-state index < -0.39 is 24.1 Å². The van der Waals surface area contributed by atoms with Crippen LogP contribution < -0.4 is 20.2 Å². The molecule has 0 spiro atoms. The summed E-state index contributed by atoms with van der Waals surface area (Å²) in [5, 5.41) is 7.13. The molecule has 1 aromatic carbocycles. The molecule has 2 aliphatic heterocycles. The second-order valence-corrected chi connectivity index (χ2v) is 7.24. The average molecular weight is 435 g/mol. The molecule has 2 aliphatic rings. The zero-order valence-corrected chi connectivity index (χ0v) is 17.8. The van der Waals surface area contributed by atoms with Crippen LogP contribution in [0.15, 0.2) is 39.4 Å². The summed E-state index contributed by atoms with van der Waals surface area (Å²) in [5.41, 5.74) is 3.63. The Hall–Kier alpha value is -3.27. The third kappa shape index (κ3) is 4.33. The van der Waals surface area contributed by atoms with Crippen LogP contribution in [-0.2, 0) is 4.79 Å². The average Bonchev–Trinajstić information content (AvgIpc) is 3.09. The lowest BCUT2D eigenvalue weighted by atomic mass is 10.1. The fourth-order valence-electron chi connectivity index (χ4n) is 3.14. The van der Waals surface area contributed by atoms with Crippen LogP contribution in [0.2, 0.25) is 0 Å². The van der Waals surface area contributed by atoms with E-state index in [1.165, 1.54) is 4.90 Å². The van der Waals surface area contributed by atoms with Crippen molar-refractivity contribution in [1.82, 2.24) is 20.5 Å². The zero-order valence-electron chi connectivity index (χ0n) is 17.0. The highest BCUT2D eigenvalue weighted by Crippen LogP contribution is 2.27. The Balaban J connectivity index is 1.81. The van der Waals surface area contributed by atoms with Gasteiger partial charge in [-0.25, -0.2) is 15.2 Å². The topological polar surface area (TPSA) is 108 Å². The number of fused-ring (bicyclic) bond motifs is 1. The molecule has 0 radical (unpaired) electrons. The van der Waals surface area contributed by atoms with Crippen LogP contribution in [0.1, 0.15) is 12.5 Å². The molecule has 1 fully saturated rings. The fraction of sp³-hybridized carbons (Fsp3) is 0.368. The fourth-order valence-corrected chi connectivity index (χ4v) is 3.21. The molecule has 2 unspecified atom stereocenters. The molecule has 2 heterocycles. The van der Waals surface area contributed by atoms with Crippen molar-refractivity contribution in [3.05, 3.63) is 34.9 Å². The number of guanidine groups is 1. The Morgan fingerprint density at radius 3 is 2.73 bits per heavy atom. The number of imide groups is 1. The number of rotatable bonds is 6. The van der Waals surface area contributed by atoms with Gasteiger partial charge in [-0.3, -0.25) is 10.1 Å². The van der Waals surface area contributed by atoms with Gasteiger partial charge in [0.15, 0.2) is 23.7 Å². The van der Waals surface area contributed by atoms with Crippen LogP contribution in [0.5, 0.6) is 11.5 Å². The number of nitrogens with one attached hydrogen (secondary N) is 2. The number of hydrogen-bond donors (Lipinski definition) is 2. The molecule has 160 valence electrons. The van der Waals surface area contributed by atoms with E-state index in [1.54, 1.807) is 57.5 Å². The highest BCUT2D eigenvalue weighted by molar-refractivity contribution is 6.29. The monoisotopic (exact) mass is 434 g/mol. The Morgan fingerprint density at radius 2 is 2.07 bits per heavy atom. The van der Waals surface area contributed by atoms with Crippen molar-refractivity contribution in [2.75, 3.05) is 27.8 Å². The molecular weight excluding hydrogens is 412 g/mol. The Morgan fingerprint density at radius 1 is 1.33 bits per heavy atom. The van der Waals surface area contributed by atoms with Crippen molar-refractivity contribution in [1.29, 1.82) is 0 Å². The first kappa shape index (κ1) is 21.4. The first-order valence-electron chi connectivity index (χ1n) is 9.11. The lowest BCUT2D eigenvalue weighted by Crippen LogP contribution is -2.64. The summed E-state index contributed by atoms with van der Waals surface area (Å²) in [6, 6.07) is 4.19. The maximum absolute atomic E-state index is 12.4. The van der Waals surface area contributed by atoms with Crippen molar-refractivity contribution >= 4 is 35.7 Å². The van der Waals surface area contributed by atoms with E-state index in [0.717, 1.165) is 5.56 Å².